The van der Waals surface area contributed by atoms with Gasteiger partial charge in [-0.3, -0.25) is 9.67 Å². The van der Waals surface area contributed by atoms with E-state index in [0.29, 0.717) is 10.4 Å². The van der Waals surface area contributed by atoms with Crippen molar-refractivity contribution in [1.82, 2.24) is 14.8 Å². The van der Waals surface area contributed by atoms with Gasteiger partial charge < -0.3 is 0 Å². The van der Waals surface area contributed by atoms with Gasteiger partial charge >= 0.3 is 0 Å². The first-order chi connectivity index (χ1) is 8.67. The number of hydrogen-bond acceptors (Lipinski definition) is 2. The summed E-state index contributed by atoms with van der Waals surface area (Å²) in [7, 11) is 0. The molecule has 0 amide bonds. The van der Waals surface area contributed by atoms with E-state index in [1.54, 1.807) is 6.20 Å². The van der Waals surface area contributed by atoms with E-state index in [4.69, 9.17) is 11.6 Å². The van der Waals surface area contributed by atoms with E-state index in [2.05, 4.69) is 20.8 Å². The van der Waals surface area contributed by atoms with Crippen molar-refractivity contribution < 1.29 is 0 Å². The van der Waals surface area contributed by atoms with Gasteiger partial charge in [-0.1, -0.05) is 11.6 Å². The summed E-state index contributed by atoms with van der Waals surface area (Å²) in [6.07, 6.45) is 7.53. The van der Waals surface area contributed by atoms with Gasteiger partial charge in [0.15, 0.2) is 0 Å². The van der Waals surface area contributed by atoms with Crippen molar-refractivity contribution in [1.29, 1.82) is 0 Å². The maximum absolute atomic E-state index is 6.28. The molecule has 0 saturated heterocycles. The minimum absolute atomic E-state index is 0.535. The number of halogens is 1. The van der Waals surface area contributed by atoms with Crippen molar-refractivity contribution in [2.24, 2.45) is 5.41 Å². The van der Waals surface area contributed by atoms with Crippen LogP contribution in [0.1, 0.15) is 24.2 Å². The quantitative estimate of drug-likeness (QED) is 0.787. The third-order valence-electron chi connectivity index (χ3n) is 4.22. The first-order valence-electron chi connectivity index (χ1n) is 6.34. The third-order valence-corrected chi connectivity index (χ3v) is 4.52. The second kappa shape index (κ2) is 3.35. The molecule has 1 aliphatic heterocycles. The Morgan fingerprint density at radius 3 is 2.89 bits per heavy atom. The predicted molar refractivity (Wildman–Crippen MR) is 70.6 cm³/mol. The van der Waals surface area contributed by atoms with Gasteiger partial charge in [-0.05, 0) is 37.7 Å². The molecule has 0 unspecified atom stereocenters. The lowest BCUT2D eigenvalue weighted by molar-refractivity contribution is 0.471. The summed E-state index contributed by atoms with van der Waals surface area (Å²) in [4.78, 5) is 4.22. The second-order valence-corrected chi connectivity index (χ2v) is 6.05. The molecule has 18 heavy (non-hydrogen) atoms. The molecular weight excluding hydrogens is 246 g/mol. The first-order valence-corrected chi connectivity index (χ1v) is 6.72. The van der Waals surface area contributed by atoms with Crippen molar-refractivity contribution in [3.63, 3.8) is 0 Å². The highest BCUT2D eigenvalue weighted by Gasteiger charge is 2.48. The highest BCUT2D eigenvalue weighted by atomic mass is 35.5. The van der Waals surface area contributed by atoms with Gasteiger partial charge in [0.1, 0.15) is 0 Å². The van der Waals surface area contributed by atoms with E-state index >= 15 is 0 Å². The van der Waals surface area contributed by atoms with Crippen LogP contribution in [-0.2, 0) is 13.0 Å². The molecule has 0 bridgehead atoms. The lowest BCUT2D eigenvalue weighted by Crippen LogP contribution is -2.02. The zero-order chi connectivity index (χ0) is 12.3. The van der Waals surface area contributed by atoms with Crippen molar-refractivity contribution in [2.45, 2.75) is 32.7 Å². The summed E-state index contributed by atoms with van der Waals surface area (Å²) in [5.74, 6) is 0. The van der Waals surface area contributed by atoms with Crippen LogP contribution >= 0.6 is 11.6 Å². The van der Waals surface area contributed by atoms with E-state index < -0.39 is 0 Å². The van der Waals surface area contributed by atoms with Crippen LogP contribution in [0.15, 0.2) is 18.5 Å². The van der Waals surface area contributed by atoms with Crippen LogP contribution in [0.5, 0.6) is 0 Å². The number of rotatable bonds is 1. The second-order valence-electron chi connectivity index (χ2n) is 5.64. The highest BCUT2D eigenvalue weighted by molar-refractivity contribution is 6.33. The van der Waals surface area contributed by atoms with Crippen LogP contribution in [0.4, 0.5) is 0 Å². The van der Waals surface area contributed by atoms with E-state index in [-0.39, 0.29) is 0 Å². The Morgan fingerprint density at radius 1 is 1.28 bits per heavy atom. The number of fused-ring (bicyclic) bond motifs is 1. The summed E-state index contributed by atoms with van der Waals surface area (Å²) in [6, 6.07) is 2.05. The normalized spacial score (nSPS) is 19.2. The number of nitrogens with zero attached hydrogens (tertiary/aromatic N) is 3. The van der Waals surface area contributed by atoms with Gasteiger partial charge in [-0.25, -0.2) is 0 Å². The molecule has 1 saturated carbocycles. The zero-order valence-electron chi connectivity index (χ0n) is 10.3. The van der Waals surface area contributed by atoms with Crippen molar-refractivity contribution in [3.8, 4) is 11.1 Å². The Bertz CT molecular complexity index is 640. The fourth-order valence-corrected chi connectivity index (χ4v) is 3.15. The Balaban J connectivity index is 1.85. The molecule has 2 aromatic heterocycles. The topological polar surface area (TPSA) is 30.7 Å². The van der Waals surface area contributed by atoms with Crippen molar-refractivity contribution in [3.05, 3.63) is 34.9 Å². The average Bonchev–Trinajstić information content (AvgIpc) is 2.83. The van der Waals surface area contributed by atoms with Gasteiger partial charge in [0.2, 0.25) is 0 Å². The molecule has 4 heteroatoms. The zero-order valence-corrected chi connectivity index (χ0v) is 11.0. The Kier molecular flexibility index (Phi) is 1.97. The number of pyridine rings is 1. The molecule has 3 heterocycles. The minimum atomic E-state index is 0.535. The fraction of sp³-hybridized carbons (Fsp3) is 0.429. The van der Waals surface area contributed by atoms with Crippen LogP contribution < -0.4 is 0 Å². The minimum Gasteiger partial charge on any atom is -0.268 e. The fourth-order valence-electron chi connectivity index (χ4n) is 2.95. The number of hydrogen-bond donors (Lipinski definition) is 0. The molecule has 1 aliphatic carbocycles. The van der Waals surface area contributed by atoms with Gasteiger partial charge in [-0.2, -0.15) is 5.10 Å². The van der Waals surface area contributed by atoms with Crippen LogP contribution in [-0.4, -0.2) is 14.8 Å². The molecule has 0 aromatic carbocycles. The van der Waals surface area contributed by atoms with Gasteiger partial charge in [0.05, 0.1) is 11.2 Å². The third kappa shape index (κ3) is 1.43. The van der Waals surface area contributed by atoms with E-state index in [1.807, 2.05) is 13.1 Å². The summed E-state index contributed by atoms with van der Waals surface area (Å²) >= 11 is 6.28. The molecule has 0 radical (unpaired) electrons. The SMILES string of the molecule is Cc1cc(-c2cnn3c2CC2(CC2)C3)c(Cl)cn1. The van der Waals surface area contributed by atoms with E-state index in [1.165, 1.54) is 24.1 Å². The lowest BCUT2D eigenvalue weighted by atomic mass is 9.99. The first kappa shape index (κ1) is 10.6. The largest absolute Gasteiger partial charge is 0.268 e. The summed E-state index contributed by atoms with van der Waals surface area (Å²) in [6.45, 7) is 3.08. The maximum atomic E-state index is 6.28. The molecule has 92 valence electrons. The highest BCUT2D eigenvalue weighted by Crippen LogP contribution is 2.54. The van der Waals surface area contributed by atoms with E-state index in [0.717, 1.165) is 24.2 Å². The molecule has 0 atom stereocenters. The number of aromatic nitrogens is 3. The molecule has 1 spiro atoms. The van der Waals surface area contributed by atoms with Crippen LogP contribution in [0.3, 0.4) is 0 Å². The predicted octanol–water partition coefficient (Wildman–Crippen LogP) is 3.24. The Labute approximate surface area is 111 Å². The molecule has 3 nitrogen and oxygen atoms in total. The molecule has 0 N–H and O–H groups in total. The van der Waals surface area contributed by atoms with Gasteiger partial charge in [-0.15, -0.1) is 0 Å². The molecule has 1 fully saturated rings. The average molecular weight is 260 g/mol. The molecule has 2 aliphatic rings. The summed E-state index contributed by atoms with van der Waals surface area (Å²) in [5, 5.41) is 5.23. The standard InChI is InChI=1S/C14H14ClN3/c1-9-4-10(12(15)7-16-9)11-6-17-18-8-14(2-3-14)5-13(11)18/h4,6-7H,2-3,5,8H2,1H3. The monoisotopic (exact) mass is 259 g/mol. The van der Waals surface area contributed by atoms with Crippen LogP contribution in [0, 0.1) is 12.3 Å². The molecule has 2 aromatic rings. The van der Waals surface area contributed by atoms with Crippen molar-refractivity contribution >= 4 is 11.6 Å². The number of aryl methyl sites for hydroxylation is 1. The van der Waals surface area contributed by atoms with Crippen molar-refractivity contribution in [2.75, 3.05) is 0 Å². The summed E-state index contributed by atoms with van der Waals surface area (Å²) < 4.78 is 2.16. The molecule has 4 rings (SSSR count). The Morgan fingerprint density at radius 2 is 2.11 bits per heavy atom. The van der Waals surface area contributed by atoms with Gasteiger partial charge in [0.25, 0.3) is 0 Å². The Hall–Kier alpha value is -1.35. The molecular formula is C14H14ClN3. The lowest BCUT2D eigenvalue weighted by Gasteiger charge is -2.05. The smallest absolute Gasteiger partial charge is 0.0669 e. The maximum Gasteiger partial charge on any atom is 0.0669 e. The van der Waals surface area contributed by atoms with Crippen LogP contribution in [0.25, 0.3) is 11.1 Å². The van der Waals surface area contributed by atoms with Crippen LogP contribution in [0.2, 0.25) is 5.02 Å². The summed E-state index contributed by atoms with van der Waals surface area (Å²) in [5.41, 5.74) is 5.14. The van der Waals surface area contributed by atoms with Gasteiger partial charge in [0, 0.05) is 35.3 Å². The van der Waals surface area contributed by atoms with E-state index in [9.17, 15) is 0 Å².